The van der Waals surface area contributed by atoms with Crippen LogP contribution in [0.4, 0.5) is 11.6 Å². The van der Waals surface area contributed by atoms with Gasteiger partial charge in [0.15, 0.2) is 0 Å². The molecule has 100 valence electrons. The lowest BCUT2D eigenvalue weighted by Crippen LogP contribution is -2.06. The highest BCUT2D eigenvalue weighted by Gasteiger charge is 2.05. The number of nitrogens with zero attached hydrogens (tertiary/aromatic N) is 4. The van der Waals surface area contributed by atoms with Gasteiger partial charge in [-0.2, -0.15) is 0 Å². The predicted octanol–water partition coefficient (Wildman–Crippen LogP) is 0.765. The molecule has 7 nitrogen and oxygen atoms in total. The number of hydrogen-bond acceptors (Lipinski definition) is 7. The van der Waals surface area contributed by atoms with Gasteiger partial charge in [-0.25, -0.2) is 19.9 Å². The zero-order chi connectivity index (χ0) is 13.8. The fraction of sp³-hybridized carbons (Fsp3) is 0.333. The third kappa shape index (κ3) is 3.35. The minimum atomic E-state index is 0.319. The SMILES string of the molecule is Cc1ncc(COCc2cnc(C)nc2N)c(N)n1. The van der Waals surface area contributed by atoms with E-state index in [1.165, 1.54) is 0 Å². The Balaban J connectivity index is 1.96. The number of anilines is 2. The van der Waals surface area contributed by atoms with Gasteiger partial charge in [0, 0.05) is 23.5 Å². The van der Waals surface area contributed by atoms with Crippen LogP contribution in [0.3, 0.4) is 0 Å². The molecule has 0 unspecified atom stereocenters. The Kier molecular flexibility index (Phi) is 3.86. The molecule has 0 saturated heterocycles. The van der Waals surface area contributed by atoms with E-state index in [0.717, 1.165) is 11.1 Å². The monoisotopic (exact) mass is 260 g/mol. The standard InChI is InChI=1S/C12H16N6O/c1-7-15-3-9(11(13)17-7)5-19-6-10-4-16-8(2)18-12(10)14/h3-4H,5-6H2,1-2H3,(H2,13,15,17)(H2,14,16,18). The summed E-state index contributed by atoms with van der Waals surface area (Å²) in [6, 6.07) is 0. The summed E-state index contributed by atoms with van der Waals surface area (Å²) in [6.45, 7) is 4.20. The first-order valence-electron chi connectivity index (χ1n) is 5.80. The van der Waals surface area contributed by atoms with E-state index < -0.39 is 0 Å². The Labute approximate surface area is 111 Å². The van der Waals surface area contributed by atoms with Gasteiger partial charge in [0.05, 0.1) is 13.2 Å². The van der Waals surface area contributed by atoms with Crippen molar-refractivity contribution in [2.24, 2.45) is 0 Å². The molecule has 0 aliphatic carbocycles. The van der Waals surface area contributed by atoms with E-state index in [1.54, 1.807) is 26.2 Å². The first-order chi connectivity index (χ1) is 9.06. The molecular formula is C12H16N6O. The van der Waals surface area contributed by atoms with Crippen molar-refractivity contribution >= 4 is 11.6 Å². The maximum Gasteiger partial charge on any atom is 0.132 e. The highest BCUT2D eigenvalue weighted by Crippen LogP contribution is 2.12. The van der Waals surface area contributed by atoms with Crippen LogP contribution in [0.2, 0.25) is 0 Å². The largest absolute Gasteiger partial charge is 0.383 e. The number of rotatable bonds is 4. The van der Waals surface area contributed by atoms with Crippen LogP contribution in [-0.4, -0.2) is 19.9 Å². The lowest BCUT2D eigenvalue weighted by molar-refractivity contribution is 0.107. The van der Waals surface area contributed by atoms with Crippen LogP contribution >= 0.6 is 0 Å². The molecule has 0 aliphatic rings. The smallest absolute Gasteiger partial charge is 0.132 e. The number of hydrogen-bond donors (Lipinski definition) is 2. The zero-order valence-electron chi connectivity index (χ0n) is 10.9. The Hall–Kier alpha value is -2.28. The van der Waals surface area contributed by atoms with Crippen LogP contribution in [0.5, 0.6) is 0 Å². The summed E-state index contributed by atoms with van der Waals surface area (Å²) in [5, 5.41) is 0. The zero-order valence-corrected chi connectivity index (χ0v) is 10.9. The van der Waals surface area contributed by atoms with Crippen molar-refractivity contribution in [3.05, 3.63) is 35.2 Å². The van der Waals surface area contributed by atoms with Gasteiger partial charge in [-0.15, -0.1) is 0 Å². The summed E-state index contributed by atoms with van der Waals surface area (Å²) in [6.07, 6.45) is 3.32. The maximum atomic E-state index is 5.77. The van der Waals surface area contributed by atoms with Crippen LogP contribution in [0, 0.1) is 13.8 Å². The molecule has 0 fully saturated rings. The topological polar surface area (TPSA) is 113 Å². The summed E-state index contributed by atoms with van der Waals surface area (Å²) in [7, 11) is 0. The summed E-state index contributed by atoms with van der Waals surface area (Å²) in [5.41, 5.74) is 13.0. The highest BCUT2D eigenvalue weighted by molar-refractivity contribution is 5.38. The van der Waals surface area contributed by atoms with E-state index in [1.807, 2.05) is 0 Å². The Bertz CT molecular complexity index is 535. The van der Waals surface area contributed by atoms with E-state index in [0.29, 0.717) is 36.5 Å². The molecule has 2 heterocycles. The van der Waals surface area contributed by atoms with Crippen LogP contribution in [-0.2, 0) is 18.0 Å². The number of aryl methyl sites for hydroxylation is 2. The van der Waals surface area contributed by atoms with Gasteiger partial charge < -0.3 is 16.2 Å². The second-order valence-electron chi connectivity index (χ2n) is 4.15. The fourth-order valence-electron chi connectivity index (χ4n) is 1.52. The van der Waals surface area contributed by atoms with Crippen LogP contribution < -0.4 is 11.5 Å². The minimum absolute atomic E-state index is 0.319. The Morgan fingerprint density at radius 2 is 1.32 bits per heavy atom. The lowest BCUT2D eigenvalue weighted by Gasteiger charge is -2.08. The fourth-order valence-corrected chi connectivity index (χ4v) is 1.52. The van der Waals surface area contributed by atoms with Crippen LogP contribution in [0.15, 0.2) is 12.4 Å². The molecule has 0 radical (unpaired) electrons. The van der Waals surface area contributed by atoms with E-state index in [9.17, 15) is 0 Å². The number of aromatic nitrogens is 4. The molecule has 19 heavy (non-hydrogen) atoms. The molecule has 0 saturated carbocycles. The van der Waals surface area contributed by atoms with E-state index in [4.69, 9.17) is 16.2 Å². The lowest BCUT2D eigenvalue weighted by atomic mass is 10.3. The van der Waals surface area contributed by atoms with E-state index >= 15 is 0 Å². The summed E-state index contributed by atoms with van der Waals surface area (Å²) >= 11 is 0. The highest BCUT2D eigenvalue weighted by atomic mass is 16.5. The molecule has 0 amide bonds. The van der Waals surface area contributed by atoms with Crippen molar-refractivity contribution in [1.29, 1.82) is 0 Å². The van der Waals surface area contributed by atoms with Crippen molar-refractivity contribution in [2.45, 2.75) is 27.1 Å². The molecule has 4 N–H and O–H groups in total. The molecule has 2 rings (SSSR count). The average molecular weight is 260 g/mol. The van der Waals surface area contributed by atoms with Crippen molar-refractivity contribution in [3.8, 4) is 0 Å². The quantitative estimate of drug-likeness (QED) is 0.834. The van der Waals surface area contributed by atoms with Gasteiger partial charge in [-0.1, -0.05) is 0 Å². The predicted molar refractivity (Wildman–Crippen MR) is 70.9 cm³/mol. The molecule has 0 aliphatic heterocycles. The van der Waals surface area contributed by atoms with Crippen molar-refractivity contribution in [2.75, 3.05) is 11.5 Å². The normalized spacial score (nSPS) is 10.6. The number of nitrogens with two attached hydrogens (primary N) is 2. The minimum Gasteiger partial charge on any atom is -0.383 e. The second kappa shape index (κ2) is 5.57. The van der Waals surface area contributed by atoms with Gasteiger partial charge in [0.25, 0.3) is 0 Å². The Morgan fingerprint density at radius 1 is 0.895 bits per heavy atom. The van der Waals surface area contributed by atoms with Crippen molar-refractivity contribution in [1.82, 2.24) is 19.9 Å². The average Bonchev–Trinajstić information content (AvgIpc) is 2.34. The molecule has 2 aromatic rings. The summed E-state index contributed by atoms with van der Waals surface area (Å²) in [5.74, 6) is 2.14. The van der Waals surface area contributed by atoms with Gasteiger partial charge >= 0.3 is 0 Å². The van der Waals surface area contributed by atoms with Gasteiger partial charge in [0.2, 0.25) is 0 Å². The molecule has 7 heteroatoms. The molecule has 0 atom stereocenters. The third-order valence-corrected chi connectivity index (χ3v) is 2.55. The summed E-state index contributed by atoms with van der Waals surface area (Å²) < 4.78 is 5.53. The number of nitrogen functional groups attached to an aromatic ring is 2. The van der Waals surface area contributed by atoms with Crippen molar-refractivity contribution < 1.29 is 4.74 Å². The third-order valence-electron chi connectivity index (χ3n) is 2.55. The van der Waals surface area contributed by atoms with Gasteiger partial charge in [-0.05, 0) is 13.8 Å². The van der Waals surface area contributed by atoms with Crippen LogP contribution in [0.25, 0.3) is 0 Å². The Morgan fingerprint density at radius 3 is 1.68 bits per heavy atom. The molecule has 0 spiro atoms. The van der Waals surface area contributed by atoms with Gasteiger partial charge in [0.1, 0.15) is 23.3 Å². The summed E-state index contributed by atoms with van der Waals surface area (Å²) in [4.78, 5) is 16.3. The number of ether oxygens (including phenoxy) is 1. The van der Waals surface area contributed by atoms with E-state index in [-0.39, 0.29) is 0 Å². The molecule has 2 aromatic heterocycles. The first-order valence-corrected chi connectivity index (χ1v) is 5.80. The van der Waals surface area contributed by atoms with Crippen LogP contribution in [0.1, 0.15) is 22.8 Å². The van der Waals surface area contributed by atoms with Crippen molar-refractivity contribution in [3.63, 3.8) is 0 Å². The maximum absolute atomic E-state index is 5.77. The first kappa shape index (κ1) is 13.2. The second-order valence-corrected chi connectivity index (χ2v) is 4.15. The molecule has 0 aromatic carbocycles. The molecule has 0 bridgehead atoms. The molecular weight excluding hydrogens is 244 g/mol. The van der Waals surface area contributed by atoms with E-state index in [2.05, 4.69) is 19.9 Å². The van der Waals surface area contributed by atoms with Gasteiger partial charge in [-0.3, -0.25) is 0 Å².